The lowest BCUT2D eigenvalue weighted by atomic mass is 10.2. The van der Waals surface area contributed by atoms with E-state index in [0.717, 1.165) is 18.5 Å². The van der Waals surface area contributed by atoms with Crippen LogP contribution in [0.3, 0.4) is 0 Å². The van der Waals surface area contributed by atoms with Crippen LogP contribution >= 0.6 is 11.8 Å². The lowest BCUT2D eigenvalue weighted by Crippen LogP contribution is -2.28. The maximum atomic E-state index is 12.0. The molecule has 1 fully saturated rings. The zero-order chi connectivity index (χ0) is 12.3. The molecular formula is C12H15F2NOS. The van der Waals surface area contributed by atoms with E-state index in [1.54, 1.807) is 12.1 Å². The first-order chi connectivity index (χ1) is 8.15. The molecular weight excluding hydrogens is 244 g/mol. The van der Waals surface area contributed by atoms with Crippen LogP contribution in [0, 0.1) is 0 Å². The Morgan fingerprint density at radius 1 is 1.35 bits per heavy atom. The van der Waals surface area contributed by atoms with Crippen molar-refractivity contribution < 1.29 is 13.5 Å². The molecule has 1 aliphatic heterocycles. The molecule has 1 aromatic carbocycles. The van der Waals surface area contributed by atoms with E-state index < -0.39 is 6.61 Å². The van der Waals surface area contributed by atoms with Crippen molar-refractivity contribution in [3.8, 4) is 5.75 Å². The molecule has 0 spiro atoms. The van der Waals surface area contributed by atoms with Gasteiger partial charge in [0.25, 0.3) is 0 Å². The third kappa shape index (κ3) is 3.57. The van der Waals surface area contributed by atoms with Gasteiger partial charge in [-0.15, -0.1) is 11.8 Å². The quantitative estimate of drug-likeness (QED) is 0.899. The van der Waals surface area contributed by atoms with Gasteiger partial charge < -0.3 is 10.1 Å². The van der Waals surface area contributed by atoms with Crippen LogP contribution in [0.5, 0.6) is 5.75 Å². The summed E-state index contributed by atoms with van der Waals surface area (Å²) in [6.07, 6.45) is 1.16. The molecule has 2 nitrogen and oxygen atoms in total. The van der Waals surface area contributed by atoms with Gasteiger partial charge in [-0.2, -0.15) is 8.78 Å². The maximum Gasteiger partial charge on any atom is 0.387 e. The molecule has 94 valence electrons. The van der Waals surface area contributed by atoms with E-state index in [1.165, 1.54) is 0 Å². The Morgan fingerprint density at radius 2 is 2.06 bits per heavy atom. The summed E-state index contributed by atoms with van der Waals surface area (Å²) < 4.78 is 28.3. The molecule has 2 unspecified atom stereocenters. The Balaban J connectivity index is 2.01. The van der Waals surface area contributed by atoms with E-state index >= 15 is 0 Å². The number of nitrogens with one attached hydrogen (secondary N) is 1. The summed E-state index contributed by atoms with van der Waals surface area (Å²) in [4.78, 5) is 0. The Morgan fingerprint density at radius 3 is 2.65 bits per heavy atom. The fourth-order valence-electron chi connectivity index (χ4n) is 1.79. The van der Waals surface area contributed by atoms with Crippen LogP contribution in [0.15, 0.2) is 24.3 Å². The van der Waals surface area contributed by atoms with Crippen LogP contribution in [0.25, 0.3) is 0 Å². The topological polar surface area (TPSA) is 21.3 Å². The van der Waals surface area contributed by atoms with Crippen molar-refractivity contribution in [2.45, 2.75) is 30.6 Å². The minimum atomic E-state index is -2.76. The molecule has 0 aromatic heterocycles. The van der Waals surface area contributed by atoms with Crippen LogP contribution < -0.4 is 10.1 Å². The summed E-state index contributed by atoms with van der Waals surface area (Å²) in [7, 11) is 0. The Bertz CT molecular complexity index is 358. The summed E-state index contributed by atoms with van der Waals surface area (Å²) in [6.45, 7) is 0.434. The summed E-state index contributed by atoms with van der Waals surface area (Å²) in [5.74, 6) is 0.206. The molecule has 2 rings (SSSR count). The number of alkyl halides is 2. The summed E-state index contributed by atoms with van der Waals surface area (Å²) >= 11 is 1.86. The van der Waals surface area contributed by atoms with Gasteiger partial charge >= 0.3 is 6.61 Å². The highest BCUT2D eigenvalue weighted by molar-refractivity contribution is 8.00. The van der Waals surface area contributed by atoms with Crippen molar-refractivity contribution in [3.05, 3.63) is 29.8 Å². The SMILES string of the molecule is CC1CCNC(c2ccc(OC(F)F)cc2)S1. The summed E-state index contributed by atoms with van der Waals surface area (Å²) in [5.41, 5.74) is 1.10. The molecule has 1 heterocycles. The molecule has 17 heavy (non-hydrogen) atoms. The first kappa shape index (κ1) is 12.6. The number of halogens is 2. The van der Waals surface area contributed by atoms with Gasteiger partial charge in [0.2, 0.25) is 0 Å². The number of benzene rings is 1. The molecule has 0 aliphatic carbocycles. The zero-order valence-corrected chi connectivity index (χ0v) is 10.3. The summed E-state index contributed by atoms with van der Waals surface area (Å²) in [5, 5.41) is 4.27. The second kappa shape index (κ2) is 5.69. The average Bonchev–Trinajstić information content (AvgIpc) is 2.29. The molecule has 1 N–H and O–H groups in total. The van der Waals surface area contributed by atoms with Crippen LogP contribution in [0.4, 0.5) is 8.78 Å². The molecule has 2 atom stereocenters. The molecule has 0 saturated carbocycles. The predicted molar refractivity (Wildman–Crippen MR) is 65.5 cm³/mol. The summed E-state index contributed by atoms with van der Waals surface area (Å²) in [6, 6.07) is 6.84. The van der Waals surface area contributed by atoms with E-state index in [1.807, 2.05) is 23.9 Å². The van der Waals surface area contributed by atoms with Gasteiger partial charge in [-0.3, -0.25) is 0 Å². The minimum absolute atomic E-state index is 0.206. The van der Waals surface area contributed by atoms with Gasteiger partial charge in [0.1, 0.15) is 5.75 Å². The fourth-order valence-corrected chi connectivity index (χ4v) is 3.03. The molecule has 5 heteroatoms. The normalized spacial score (nSPS) is 24.9. The van der Waals surface area contributed by atoms with Crippen LogP contribution in [0.1, 0.15) is 24.3 Å². The lowest BCUT2D eigenvalue weighted by molar-refractivity contribution is -0.0498. The third-order valence-corrected chi connectivity index (χ3v) is 4.07. The van der Waals surface area contributed by atoms with Crippen molar-refractivity contribution in [2.75, 3.05) is 6.54 Å². The van der Waals surface area contributed by atoms with E-state index in [0.29, 0.717) is 5.25 Å². The number of thioether (sulfide) groups is 1. The molecule has 1 aliphatic rings. The second-order valence-corrected chi connectivity index (χ2v) is 5.57. The van der Waals surface area contributed by atoms with Crippen LogP contribution in [0.2, 0.25) is 0 Å². The van der Waals surface area contributed by atoms with Crippen molar-refractivity contribution in [1.29, 1.82) is 0 Å². The standard InChI is InChI=1S/C12H15F2NOS/c1-8-6-7-15-11(17-8)9-2-4-10(5-3-9)16-12(13)14/h2-5,8,11-12,15H,6-7H2,1H3. The predicted octanol–water partition coefficient (Wildman–Crippen LogP) is 3.40. The van der Waals surface area contributed by atoms with Crippen LogP contribution in [-0.2, 0) is 0 Å². The van der Waals surface area contributed by atoms with E-state index in [4.69, 9.17) is 0 Å². The van der Waals surface area contributed by atoms with Gasteiger partial charge in [0.15, 0.2) is 0 Å². The lowest BCUT2D eigenvalue weighted by Gasteiger charge is -2.28. The van der Waals surface area contributed by atoms with Crippen molar-refractivity contribution in [1.82, 2.24) is 5.32 Å². The molecule has 1 aromatic rings. The zero-order valence-electron chi connectivity index (χ0n) is 9.53. The largest absolute Gasteiger partial charge is 0.435 e. The minimum Gasteiger partial charge on any atom is -0.435 e. The average molecular weight is 259 g/mol. The van der Waals surface area contributed by atoms with Crippen molar-refractivity contribution in [3.63, 3.8) is 0 Å². The van der Waals surface area contributed by atoms with E-state index in [9.17, 15) is 8.78 Å². The first-order valence-electron chi connectivity index (χ1n) is 5.59. The number of hydrogen-bond acceptors (Lipinski definition) is 3. The molecule has 0 bridgehead atoms. The molecule has 0 amide bonds. The molecule has 1 saturated heterocycles. The van der Waals surface area contributed by atoms with E-state index in [2.05, 4.69) is 17.0 Å². The smallest absolute Gasteiger partial charge is 0.387 e. The van der Waals surface area contributed by atoms with Gasteiger partial charge in [-0.05, 0) is 30.7 Å². The number of ether oxygens (including phenoxy) is 1. The van der Waals surface area contributed by atoms with Gasteiger partial charge in [0.05, 0.1) is 5.37 Å². The number of rotatable bonds is 3. The van der Waals surface area contributed by atoms with Gasteiger partial charge in [-0.1, -0.05) is 19.1 Å². The third-order valence-electron chi connectivity index (χ3n) is 2.66. The highest BCUT2D eigenvalue weighted by atomic mass is 32.2. The van der Waals surface area contributed by atoms with E-state index in [-0.39, 0.29) is 11.1 Å². The maximum absolute atomic E-state index is 12.0. The fraction of sp³-hybridized carbons (Fsp3) is 0.500. The Hall–Kier alpha value is -0.810. The van der Waals surface area contributed by atoms with Gasteiger partial charge in [-0.25, -0.2) is 0 Å². The van der Waals surface area contributed by atoms with Crippen LogP contribution in [-0.4, -0.2) is 18.4 Å². The highest BCUT2D eigenvalue weighted by Gasteiger charge is 2.20. The first-order valence-corrected chi connectivity index (χ1v) is 6.53. The number of hydrogen-bond donors (Lipinski definition) is 1. The second-order valence-electron chi connectivity index (χ2n) is 4.02. The van der Waals surface area contributed by atoms with Crippen molar-refractivity contribution >= 4 is 11.8 Å². The monoisotopic (exact) mass is 259 g/mol. The Kier molecular flexibility index (Phi) is 4.23. The molecule has 0 radical (unpaired) electrons. The van der Waals surface area contributed by atoms with Crippen molar-refractivity contribution in [2.24, 2.45) is 0 Å². The van der Waals surface area contributed by atoms with Gasteiger partial charge in [0, 0.05) is 5.25 Å². The highest BCUT2D eigenvalue weighted by Crippen LogP contribution is 2.34. The Labute approximate surface area is 104 Å².